The van der Waals surface area contributed by atoms with Crippen LogP contribution in [0.3, 0.4) is 0 Å². The molecule has 0 bridgehead atoms. The molecule has 0 aromatic carbocycles. The van der Waals surface area contributed by atoms with Crippen LogP contribution in [0.1, 0.15) is 10.5 Å². The molecular weight excluding hydrogens is 156 g/mol. The molecule has 0 aliphatic carbocycles. The van der Waals surface area contributed by atoms with E-state index in [0.717, 1.165) is 5.52 Å². The summed E-state index contributed by atoms with van der Waals surface area (Å²) in [6.07, 6.45) is 3.11. The van der Waals surface area contributed by atoms with Crippen LogP contribution in [0.15, 0.2) is 30.7 Å². The average molecular weight is 162 g/mol. The van der Waals surface area contributed by atoms with Crippen molar-refractivity contribution < 1.29 is 9.90 Å². The van der Waals surface area contributed by atoms with E-state index in [1.165, 1.54) is 10.7 Å². The minimum atomic E-state index is -0.942. The van der Waals surface area contributed by atoms with Crippen molar-refractivity contribution in [3.63, 3.8) is 0 Å². The maximum absolute atomic E-state index is 10.6. The fourth-order valence-corrected chi connectivity index (χ4v) is 1.13. The van der Waals surface area contributed by atoms with Gasteiger partial charge in [0.15, 0.2) is 0 Å². The van der Waals surface area contributed by atoms with Crippen LogP contribution < -0.4 is 0 Å². The summed E-state index contributed by atoms with van der Waals surface area (Å²) in [6, 6.07) is 5.05. The molecule has 4 heteroatoms. The molecule has 0 unspecified atom stereocenters. The minimum Gasteiger partial charge on any atom is -0.477 e. The summed E-state index contributed by atoms with van der Waals surface area (Å²) in [7, 11) is 0. The first-order chi connectivity index (χ1) is 5.79. The smallest absolute Gasteiger partial charge is 0.352 e. The second-order valence-electron chi connectivity index (χ2n) is 2.40. The first kappa shape index (κ1) is 6.84. The van der Waals surface area contributed by atoms with Crippen molar-refractivity contribution in [2.75, 3.05) is 0 Å². The molecule has 2 rings (SSSR count). The topological polar surface area (TPSA) is 54.6 Å². The van der Waals surface area contributed by atoms with Crippen LogP contribution >= 0.6 is 0 Å². The van der Waals surface area contributed by atoms with Gasteiger partial charge in [0.05, 0.1) is 6.33 Å². The van der Waals surface area contributed by atoms with E-state index in [9.17, 15) is 4.79 Å². The van der Waals surface area contributed by atoms with Gasteiger partial charge in [-0.3, -0.25) is 4.40 Å². The van der Waals surface area contributed by atoms with E-state index >= 15 is 0 Å². The van der Waals surface area contributed by atoms with E-state index in [1.54, 1.807) is 24.4 Å². The molecule has 0 spiro atoms. The van der Waals surface area contributed by atoms with E-state index in [-0.39, 0.29) is 5.69 Å². The van der Waals surface area contributed by atoms with Crippen LogP contribution in [0.2, 0.25) is 0 Å². The maximum atomic E-state index is 10.6. The van der Waals surface area contributed by atoms with Crippen LogP contribution in [0.4, 0.5) is 0 Å². The Balaban J connectivity index is 2.79. The van der Waals surface area contributed by atoms with Crippen LogP contribution in [0.5, 0.6) is 0 Å². The molecule has 12 heavy (non-hydrogen) atoms. The number of aromatic carboxylic acids is 1. The Bertz CT molecular complexity index is 433. The molecule has 0 amide bonds. The van der Waals surface area contributed by atoms with E-state index < -0.39 is 5.97 Å². The molecule has 1 N–H and O–H groups in total. The van der Waals surface area contributed by atoms with Crippen molar-refractivity contribution in [1.82, 2.24) is 9.38 Å². The van der Waals surface area contributed by atoms with Crippen LogP contribution in [0, 0.1) is 0 Å². The summed E-state index contributed by atoms with van der Waals surface area (Å²) in [5.74, 6) is -0.942. The summed E-state index contributed by atoms with van der Waals surface area (Å²) >= 11 is 0. The number of fused-ring (bicyclic) bond motifs is 1. The molecule has 2 aromatic rings. The van der Waals surface area contributed by atoms with Gasteiger partial charge in [0.1, 0.15) is 5.69 Å². The Labute approximate surface area is 68.1 Å². The predicted molar refractivity (Wildman–Crippen MR) is 42.2 cm³/mol. The zero-order chi connectivity index (χ0) is 8.55. The van der Waals surface area contributed by atoms with Crippen molar-refractivity contribution in [2.24, 2.45) is 0 Å². The lowest BCUT2D eigenvalue weighted by molar-refractivity contribution is 0.0689. The van der Waals surface area contributed by atoms with Crippen molar-refractivity contribution in [2.45, 2.75) is 0 Å². The highest BCUT2D eigenvalue weighted by atomic mass is 16.4. The molecular formula is C8H6N2O2. The molecule has 60 valence electrons. The third-order valence-corrected chi connectivity index (χ3v) is 1.68. The molecule has 2 aromatic heterocycles. The third-order valence-electron chi connectivity index (χ3n) is 1.68. The highest BCUT2D eigenvalue weighted by molar-refractivity contribution is 5.87. The predicted octanol–water partition coefficient (Wildman–Crippen LogP) is 1.03. The summed E-state index contributed by atoms with van der Waals surface area (Å²) in [6.45, 7) is 0. The van der Waals surface area contributed by atoms with Gasteiger partial charge in [-0.1, -0.05) is 0 Å². The number of carboxylic acids is 1. The van der Waals surface area contributed by atoms with E-state index in [1.807, 2.05) is 0 Å². The molecule has 0 aliphatic heterocycles. The number of rotatable bonds is 1. The zero-order valence-corrected chi connectivity index (χ0v) is 6.14. The molecule has 0 saturated carbocycles. The first-order valence-corrected chi connectivity index (χ1v) is 3.43. The third kappa shape index (κ3) is 0.852. The second-order valence-corrected chi connectivity index (χ2v) is 2.40. The Morgan fingerprint density at radius 3 is 3.00 bits per heavy atom. The van der Waals surface area contributed by atoms with E-state index in [4.69, 9.17) is 5.11 Å². The summed E-state index contributed by atoms with van der Waals surface area (Å²) < 4.78 is 1.53. The molecule has 0 saturated heterocycles. The van der Waals surface area contributed by atoms with Crippen LogP contribution in [-0.2, 0) is 0 Å². The van der Waals surface area contributed by atoms with Gasteiger partial charge in [0.25, 0.3) is 0 Å². The SMILES string of the molecule is O=C(O)c1ccc2ccncn12. The van der Waals surface area contributed by atoms with Crippen molar-refractivity contribution in [3.05, 3.63) is 36.4 Å². The Morgan fingerprint density at radius 2 is 2.25 bits per heavy atom. The fourth-order valence-electron chi connectivity index (χ4n) is 1.13. The first-order valence-electron chi connectivity index (χ1n) is 3.43. The lowest BCUT2D eigenvalue weighted by Crippen LogP contribution is -2.01. The van der Waals surface area contributed by atoms with Gasteiger partial charge in [-0.15, -0.1) is 0 Å². The average Bonchev–Trinajstić information content (AvgIpc) is 2.47. The molecule has 0 fully saturated rings. The van der Waals surface area contributed by atoms with Crippen molar-refractivity contribution in [1.29, 1.82) is 0 Å². The van der Waals surface area contributed by atoms with Gasteiger partial charge in [-0.2, -0.15) is 0 Å². The number of aromatic nitrogens is 2. The van der Waals surface area contributed by atoms with Crippen LogP contribution in [0.25, 0.3) is 5.52 Å². The molecule has 0 radical (unpaired) electrons. The van der Waals surface area contributed by atoms with Gasteiger partial charge < -0.3 is 5.11 Å². The Morgan fingerprint density at radius 1 is 1.42 bits per heavy atom. The standard InChI is InChI=1S/C8H6N2O2/c11-8(12)7-2-1-6-3-4-9-5-10(6)7/h1-5H,(H,11,12). The number of hydrogen-bond donors (Lipinski definition) is 1. The lowest BCUT2D eigenvalue weighted by atomic mass is 10.4. The molecule has 0 aliphatic rings. The lowest BCUT2D eigenvalue weighted by Gasteiger charge is -1.94. The number of carboxylic acid groups (broad SMARTS) is 1. The number of nitrogens with zero attached hydrogens (tertiary/aromatic N) is 2. The van der Waals surface area contributed by atoms with Gasteiger partial charge in [0.2, 0.25) is 0 Å². The number of carbonyl (C=O) groups is 1. The number of hydrogen-bond acceptors (Lipinski definition) is 2. The van der Waals surface area contributed by atoms with Crippen LogP contribution in [-0.4, -0.2) is 20.5 Å². The molecule has 0 atom stereocenters. The van der Waals surface area contributed by atoms with E-state index in [0.29, 0.717) is 0 Å². The summed E-state index contributed by atoms with van der Waals surface area (Å²) in [5.41, 5.74) is 1.07. The van der Waals surface area contributed by atoms with Gasteiger partial charge in [-0.05, 0) is 18.2 Å². The van der Waals surface area contributed by atoms with Gasteiger partial charge >= 0.3 is 5.97 Å². The quantitative estimate of drug-likeness (QED) is 0.681. The normalized spacial score (nSPS) is 10.3. The zero-order valence-electron chi connectivity index (χ0n) is 6.14. The highest BCUT2D eigenvalue weighted by Gasteiger charge is 2.07. The Kier molecular flexibility index (Phi) is 1.33. The summed E-state index contributed by atoms with van der Waals surface area (Å²) in [4.78, 5) is 14.5. The van der Waals surface area contributed by atoms with Gasteiger partial charge in [-0.25, -0.2) is 9.78 Å². The van der Waals surface area contributed by atoms with Gasteiger partial charge in [0, 0.05) is 11.7 Å². The van der Waals surface area contributed by atoms with Crippen molar-refractivity contribution >= 4 is 11.5 Å². The minimum absolute atomic E-state index is 0.234. The summed E-state index contributed by atoms with van der Waals surface area (Å²) in [5, 5.41) is 8.72. The van der Waals surface area contributed by atoms with Crippen molar-refractivity contribution in [3.8, 4) is 0 Å². The maximum Gasteiger partial charge on any atom is 0.352 e. The monoisotopic (exact) mass is 162 g/mol. The largest absolute Gasteiger partial charge is 0.477 e. The van der Waals surface area contributed by atoms with E-state index in [2.05, 4.69) is 4.98 Å². The fraction of sp³-hybridized carbons (Fsp3) is 0. The highest BCUT2D eigenvalue weighted by Crippen LogP contribution is 2.07. The Hall–Kier alpha value is -1.84. The molecule has 4 nitrogen and oxygen atoms in total. The molecule has 2 heterocycles. The second kappa shape index (κ2) is 2.34.